The second-order valence-corrected chi connectivity index (χ2v) is 17.0. The fourth-order valence-electron chi connectivity index (χ4n) is 11.6. The maximum absolute atomic E-state index is 14.8. The summed E-state index contributed by atoms with van der Waals surface area (Å²) in [5.41, 5.74) is 9.43. The van der Waals surface area contributed by atoms with Gasteiger partial charge in [0.25, 0.3) is 0 Å². The van der Waals surface area contributed by atoms with Crippen LogP contribution in [0.15, 0.2) is 16.6 Å². The summed E-state index contributed by atoms with van der Waals surface area (Å²) >= 11 is 0. The lowest BCUT2D eigenvalue weighted by Gasteiger charge is -2.70. The number of hydrogen-bond donors (Lipinski definition) is 3. The molecule has 0 aromatic carbocycles. The molecular weight excluding hydrogens is 598 g/mol. The highest BCUT2D eigenvalue weighted by Gasteiger charge is 2.74. The monoisotopic (exact) mass is 657 g/mol. The van der Waals surface area contributed by atoms with Gasteiger partial charge in [0.2, 0.25) is 0 Å². The molecule has 3 saturated carbocycles. The van der Waals surface area contributed by atoms with E-state index in [1.807, 2.05) is 19.9 Å². The van der Waals surface area contributed by atoms with Crippen LogP contribution in [0.2, 0.25) is 0 Å². The fourth-order valence-corrected chi connectivity index (χ4v) is 11.6. The van der Waals surface area contributed by atoms with E-state index in [1.54, 1.807) is 0 Å². The van der Waals surface area contributed by atoms with Crippen molar-refractivity contribution in [3.63, 3.8) is 0 Å². The largest absolute Gasteiger partial charge is 0.481 e. The molecule has 5 rings (SSSR count). The maximum atomic E-state index is 14.8. The second kappa shape index (κ2) is 12.2. The number of ether oxygens (including phenoxy) is 3. The Kier molecular flexibility index (Phi) is 9.37. The summed E-state index contributed by atoms with van der Waals surface area (Å²) in [5.74, 6) is -1.25. The minimum absolute atomic E-state index is 0.0113. The molecule has 1 saturated heterocycles. The Bertz CT molecular complexity index is 1350. The zero-order chi connectivity index (χ0) is 34.9. The average molecular weight is 658 g/mol. The number of carboxylic acids is 1. The van der Waals surface area contributed by atoms with E-state index in [1.165, 1.54) is 6.92 Å². The zero-order valence-corrected chi connectivity index (χ0v) is 30.1. The van der Waals surface area contributed by atoms with Gasteiger partial charge in [0.05, 0.1) is 38.3 Å². The lowest BCUT2D eigenvalue weighted by atomic mass is 9.34. The molecule has 4 aliphatic carbocycles. The summed E-state index contributed by atoms with van der Waals surface area (Å²) in [6, 6.07) is -0.235. The van der Waals surface area contributed by atoms with E-state index < -0.39 is 51.2 Å². The van der Waals surface area contributed by atoms with Gasteiger partial charge < -0.3 is 30.8 Å². The Labute approximate surface area is 280 Å². The molecule has 10 nitrogen and oxygen atoms in total. The summed E-state index contributed by atoms with van der Waals surface area (Å²) < 4.78 is 19.2. The highest BCUT2D eigenvalue weighted by molar-refractivity contribution is 6.00. The highest BCUT2D eigenvalue weighted by Crippen LogP contribution is 2.74. The second-order valence-electron chi connectivity index (χ2n) is 17.0. The molecule has 0 aromatic rings. The summed E-state index contributed by atoms with van der Waals surface area (Å²) in [7, 11) is 0. The number of aliphatic imine (C=N–C) groups is 1. The quantitative estimate of drug-likeness (QED) is 0.180. The van der Waals surface area contributed by atoms with Crippen molar-refractivity contribution >= 4 is 23.6 Å². The minimum Gasteiger partial charge on any atom is -0.481 e. The van der Waals surface area contributed by atoms with Gasteiger partial charge in [-0.25, -0.2) is 0 Å². The lowest BCUT2D eigenvalue weighted by Crippen LogP contribution is -2.71. The first kappa shape index (κ1) is 36.0. The average Bonchev–Trinajstić information content (AvgIpc) is 2.97. The van der Waals surface area contributed by atoms with Crippen LogP contribution in [-0.4, -0.2) is 73.3 Å². The number of nitrogens with two attached hydrogens (primary N) is 2. The standard InChI is InChI=1S/C37H59N3O7/c1-20(2)22(4)33(6)12-13-35(8)24-10-11-27-34(7)18-45-19-37(27,25(24)14-28(42)36(35,9)30(33)32(43)44)15-26(47-23(5)41)31(34)46-17-21(3)40-29(39)16-38/h14,20-22,24,26-27,30-31H,10-13,15-19,38H2,1-9H3,(H2,39,40)(H,43,44)/t21?,22-,24+,26-,27+,30-,31+,33-,34+,35-,36+,37+/m1/s1. The smallest absolute Gasteiger partial charge is 0.308 e. The van der Waals surface area contributed by atoms with E-state index in [2.05, 4.69) is 46.5 Å². The van der Waals surface area contributed by atoms with Gasteiger partial charge in [-0.05, 0) is 79.6 Å². The molecule has 0 amide bonds. The lowest BCUT2D eigenvalue weighted by molar-refractivity contribution is -0.266. The number of ketones is 1. The molecule has 0 aromatic heterocycles. The first-order chi connectivity index (χ1) is 21.8. The Morgan fingerprint density at radius 2 is 1.79 bits per heavy atom. The van der Waals surface area contributed by atoms with Gasteiger partial charge in [-0.1, -0.05) is 54.0 Å². The van der Waals surface area contributed by atoms with Crippen LogP contribution in [0.4, 0.5) is 0 Å². The van der Waals surface area contributed by atoms with Crippen molar-refractivity contribution in [3.05, 3.63) is 11.6 Å². The molecule has 2 bridgehead atoms. The number of rotatable bonds is 9. The van der Waals surface area contributed by atoms with E-state index >= 15 is 0 Å². The van der Waals surface area contributed by atoms with Crippen LogP contribution in [0.5, 0.6) is 0 Å². The topological polar surface area (TPSA) is 164 Å². The van der Waals surface area contributed by atoms with Crippen LogP contribution in [0.25, 0.3) is 0 Å². The van der Waals surface area contributed by atoms with Gasteiger partial charge in [-0.15, -0.1) is 0 Å². The van der Waals surface area contributed by atoms with Gasteiger partial charge in [0.1, 0.15) is 18.0 Å². The Morgan fingerprint density at radius 1 is 1.11 bits per heavy atom. The van der Waals surface area contributed by atoms with E-state index in [0.717, 1.165) is 31.3 Å². The first-order valence-corrected chi connectivity index (χ1v) is 17.7. The van der Waals surface area contributed by atoms with E-state index in [9.17, 15) is 19.5 Å². The van der Waals surface area contributed by atoms with Gasteiger partial charge in [-0.2, -0.15) is 0 Å². The van der Waals surface area contributed by atoms with Crippen LogP contribution >= 0.6 is 0 Å². The van der Waals surface area contributed by atoms with Crippen LogP contribution in [-0.2, 0) is 28.6 Å². The number of nitrogens with zero attached hydrogens (tertiary/aromatic N) is 1. The molecule has 10 heteroatoms. The molecule has 47 heavy (non-hydrogen) atoms. The summed E-state index contributed by atoms with van der Waals surface area (Å²) in [4.78, 5) is 45.1. The Morgan fingerprint density at radius 3 is 2.38 bits per heavy atom. The van der Waals surface area contributed by atoms with Crippen molar-refractivity contribution in [2.45, 2.75) is 113 Å². The third kappa shape index (κ3) is 5.22. The number of amidine groups is 1. The first-order valence-electron chi connectivity index (χ1n) is 17.7. The summed E-state index contributed by atoms with van der Waals surface area (Å²) in [5, 5.41) is 10.9. The molecule has 0 spiro atoms. The molecular formula is C37H59N3O7. The number of fused-ring (bicyclic) bond motifs is 3. The number of esters is 1. The molecule has 4 fully saturated rings. The Balaban J connectivity index is 1.59. The number of allylic oxidation sites excluding steroid dienone is 1. The fraction of sp³-hybridized carbons (Fsp3) is 0.838. The molecule has 12 atom stereocenters. The number of carboxylic acid groups (broad SMARTS) is 1. The zero-order valence-electron chi connectivity index (χ0n) is 30.1. The maximum Gasteiger partial charge on any atom is 0.308 e. The van der Waals surface area contributed by atoms with Crippen molar-refractivity contribution in [1.29, 1.82) is 0 Å². The van der Waals surface area contributed by atoms with E-state index in [0.29, 0.717) is 25.5 Å². The van der Waals surface area contributed by atoms with Gasteiger partial charge in [0, 0.05) is 23.2 Å². The number of carbonyl (C=O) groups is 3. The number of aliphatic carboxylic acids is 1. The normalized spacial score (nSPS) is 44.4. The van der Waals surface area contributed by atoms with Crippen LogP contribution in [0.3, 0.4) is 0 Å². The van der Waals surface area contributed by atoms with Gasteiger partial charge in [0.15, 0.2) is 5.78 Å². The molecule has 0 radical (unpaired) electrons. The van der Waals surface area contributed by atoms with Crippen molar-refractivity contribution in [2.75, 3.05) is 26.4 Å². The van der Waals surface area contributed by atoms with E-state index in [4.69, 9.17) is 25.7 Å². The molecule has 1 unspecified atom stereocenters. The van der Waals surface area contributed by atoms with Crippen molar-refractivity contribution in [2.24, 2.45) is 73.1 Å². The predicted octanol–water partition coefficient (Wildman–Crippen LogP) is 4.78. The van der Waals surface area contributed by atoms with Crippen molar-refractivity contribution < 1.29 is 33.7 Å². The van der Waals surface area contributed by atoms with Gasteiger partial charge >= 0.3 is 11.9 Å². The van der Waals surface area contributed by atoms with Crippen molar-refractivity contribution in [3.8, 4) is 0 Å². The third-order valence-corrected chi connectivity index (χ3v) is 14.4. The predicted molar refractivity (Wildman–Crippen MR) is 179 cm³/mol. The summed E-state index contributed by atoms with van der Waals surface area (Å²) in [6.07, 6.45) is 4.58. The molecule has 1 aliphatic heterocycles. The van der Waals surface area contributed by atoms with Gasteiger partial charge in [-0.3, -0.25) is 19.4 Å². The van der Waals surface area contributed by atoms with E-state index in [-0.39, 0.29) is 54.6 Å². The molecule has 1 heterocycles. The molecule has 5 N–H and O–H groups in total. The van der Waals surface area contributed by atoms with Crippen molar-refractivity contribution in [1.82, 2.24) is 0 Å². The van der Waals surface area contributed by atoms with Crippen LogP contribution < -0.4 is 11.5 Å². The van der Waals surface area contributed by atoms with Crippen LogP contribution in [0.1, 0.15) is 94.4 Å². The summed E-state index contributed by atoms with van der Waals surface area (Å²) in [6.45, 7) is 19.5. The number of hydrogen-bond acceptors (Lipinski definition) is 8. The SMILES string of the molecule is CC(=O)O[C@@H]1C[C@@]23COC[C@@](C)([C@@H]2CC[C@H]2C3=CC(=O)[C@@]3(C)[C@H](C(=O)O)[C@@](C)([C@H](C)C(C)C)CC[C@]23C)[C@H]1OCC(C)N=C(N)CN. The molecule has 5 aliphatic rings. The van der Waals surface area contributed by atoms with Crippen LogP contribution in [0, 0.1) is 56.7 Å². The minimum atomic E-state index is -1.07. The highest BCUT2D eigenvalue weighted by atomic mass is 16.6. The third-order valence-electron chi connectivity index (χ3n) is 14.4. The Hall–Kier alpha value is -2.30. The number of carbonyl (C=O) groups excluding carboxylic acids is 2. The molecule has 264 valence electrons.